The number of anilines is 6. The van der Waals surface area contributed by atoms with Crippen molar-refractivity contribution in [3.63, 3.8) is 0 Å². The van der Waals surface area contributed by atoms with Crippen LogP contribution in [0.1, 0.15) is 79.1 Å². The molecule has 16 heterocycles. The van der Waals surface area contributed by atoms with Crippen LogP contribution in [0.3, 0.4) is 0 Å². The molecule has 0 amide bonds. The zero-order valence-corrected chi connectivity index (χ0v) is 56.2. The van der Waals surface area contributed by atoms with Gasteiger partial charge in [-0.25, -0.2) is 43.1 Å². The average Bonchev–Trinajstić information content (AvgIpc) is 1.59. The lowest BCUT2D eigenvalue weighted by Crippen LogP contribution is -2.67. The van der Waals surface area contributed by atoms with Crippen LogP contribution in [-0.2, 0) is 19.3 Å². The predicted molar refractivity (Wildman–Crippen MR) is 376 cm³/mol. The molecule has 101 heavy (non-hydrogen) atoms. The highest BCUT2D eigenvalue weighted by molar-refractivity contribution is 6.19. The van der Waals surface area contributed by atoms with Crippen LogP contribution in [0.25, 0.3) is 65.8 Å². The number of ether oxygens (including phenoxy) is 3. The van der Waals surface area contributed by atoms with Gasteiger partial charge in [0.25, 0.3) is 0 Å². The molecule has 7 aliphatic heterocycles. The van der Waals surface area contributed by atoms with Crippen LogP contribution in [0.2, 0.25) is 0 Å². The van der Waals surface area contributed by atoms with E-state index in [4.69, 9.17) is 46.4 Å². The summed E-state index contributed by atoms with van der Waals surface area (Å²) in [5.74, 6) is 6.67. The van der Waals surface area contributed by atoms with Gasteiger partial charge in [0.15, 0.2) is 17.2 Å². The summed E-state index contributed by atoms with van der Waals surface area (Å²) in [5.41, 5.74) is 27.9. The number of hydrogen-bond donors (Lipinski definition) is 9. The number of aromatic amines is 3. The molecule has 12 aromatic rings. The number of hydrogen-bond acceptors (Lipinski definition) is 24. The highest BCUT2D eigenvalue weighted by Crippen LogP contribution is 2.55. The second-order valence-electron chi connectivity index (χ2n) is 28.6. The van der Waals surface area contributed by atoms with Gasteiger partial charge in [-0.05, 0) is 127 Å². The number of piperidine rings is 2. The van der Waals surface area contributed by atoms with Crippen molar-refractivity contribution in [2.24, 2.45) is 40.9 Å². The molecule has 3 aliphatic carbocycles. The second-order valence-corrected chi connectivity index (χ2v) is 28.6. The van der Waals surface area contributed by atoms with Crippen molar-refractivity contribution in [1.82, 2.24) is 74.8 Å². The summed E-state index contributed by atoms with van der Waals surface area (Å²) >= 11 is 0. The van der Waals surface area contributed by atoms with Crippen LogP contribution in [-0.4, -0.2) is 151 Å². The summed E-state index contributed by atoms with van der Waals surface area (Å²) in [5, 5.41) is 14.4. The lowest BCUT2D eigenvalue weighted by atomic mass is 9.62. The maximum absolute atomic E-state index is 15.4. The minimum atomic E-state index is -0.215. The van der Waals surface area contributed by atoms with E-state index in [0.717, 1.165) is 123 Å². The Balaban J connectivity index is 0.000000105. The number of nitrogens with two attached hydrogens (primary N) is 3. The number of aryl methyl sites for hydroxylation is 3. The summed E-state index contributed by atoms with van der Waals surface area (Å²) in [6.07, 6.45) is 18.3. The minimum absolute atomic E-state index is 0.0872. The van der Waals surface area contributed by atoms with Crippen LogP contribution in [0, 0.1) is 61.9 Å². The zero-order valence-electron chi connectivity index (χ0n) is 56.2. The Hall–Kier alpha value is -10.6. The van der Waals surface area contributed by atoms with E-state index < -0.39 is 0 Å². The third kappa shape index (κ3) is 9.63. The molecule has 4 saturated heterocycles. The molecule has 7 fully saturated rings. The van der Waals surface area contributed by atoms with Crippen molar-refractivity contribution < 1.29 is 27.4 Å². The van der Waals surface area contributed by atoms with E-state index >= 15 is 13.2 Å². The summed E-state index contributed by atoms with van der Waals surface area (Å²) < 4.78 is 64.2. The van der Waals surface area contributed by atoms with Gasteiger partial charge < -0.3 is 77.0 Å². The molecule has 3 saturated carbocycles. The van der Waals surface area contributed by atoms with Crippen molar-refractivity contribution in [3.05, 3.63) is 107 Å². The summed E-state index contributed by atoms with van der Waals surface area (Å²) in [7, 11) is 5.37. The maximum atomic E-state index is 15.4. The molecule has 12 N–H and O–H groups in total. The third-order valence-electron chi connectivity index (χ3n) is 23.1. The Labute approximate surface area is 574 Å². The smallest absolute Gasteiger partial charge is 0.326 e. The molecule has 0 radical (unpaired) electrons. The molecular formula is C71H73F3N24O3. The second kappa shape index (κ2) is 23.0. The Morgan fingerprint density at radius 3 is 1.34 bits per heavy atom. The zero-order chi connectivity index (χ0) is 68.7. The topological polar surface area (TPSA) is 354 Å². The van der Waals surface area contributed by atoms with Gasteiger partial charge in [-0.2, -0.15) is 29.9 Å². The van der Waals surface area contributed by atoms with Gasteiger partial charge >= 0.3 is 18.0 Å². The van der Waals surface area contributed by atoms with E-state index in [0.29, 0.717) is 123 Å². The number of fused-ring (bicyclic) bond motifs is 8. The quantitative estimate of drug-likeness (QED) is 0.0649. The number of aromatic nitrogens is 15. The van der Waals surface area contributed by atoms with Crippen molar-refractivity contribution >= 4 is 100 Å². The lowest BCUT2D eigenvalue weighted by molar-refractivity contribution is 0.0732. The van der Waals surface area contributed by atoms with Crippen molar-refractivity contribution in [2.75, 3.05) is 58.3 Å². The van der Waals surface area contributed by atoms with E-state index in [1.54, 1.807) is 76.5 Å². The highest BCUT2D eigenvalue weighted by Gasteiger charge is 2.54. The number of H-pyrrole nitrogens is 3. The molecule has 0 spiro atoms. The van der Waals surface area contributed by atoms with Crippen molar-refractivity contribution in [1.29, 1.82) is 0 Å². The Kier molecular flexibility index (Phi) is 14.0. The van der Waals surface area contributed by atoms with Crippen LogP contribution in [0.5, 0.6) is 35.3 Å². The Morgan fingerprint density at radius 2 is 0.881 bits per heavy atom. The molecule has 0 unspecified atom stereocenters. The maximum Gasteiger partial charge on any atom is 0.326 e. The van der Waals surface area contributed by atoms with Crippen LogP contribution >= 0.6 is 0 Å². The molecule has 10 aliphatic rings. The largest absolute Gasteiger partial charge is 0.421 e. The molecule has 516 valence electrons. The van der Waals surface area contributed by atoms with Gasteiger partial charge in [0.1, 0.15) is 69.3 Å². The fourth-order valence-corrected chi connectivity index (χ4v) is 18.6. The van der Waals surface area contributed by atoms with E-state index in [1.807, 2.05) is 20.8 Å². The van der Waals surface area contributed by atoms with Crippen molar-refractivity contribution in [2.45, 2.75) is 133 Å². The molecule has 27 nitrogen and oxygen atoms in total. The fourth-order valence-electron chi connectivity index (χ4n) is 18.6. The summed E-state index contributed by atoms with van der Waals surface area (Å²) in [6, 6.07) is 6.74. The predicted octanol–water partition coefficient (Wildman–Crippen LogP) is 9.74. The van der Waals surface area contributed by atoms with Gasteiger partial charge in [0.2, 0.25) is 0 Å². The van der Waals surface area contributed by atoms with Gasteiger partial charge in [-0.15, -0.1) is 0 Å². The van der Waals surface area contributed by atoms with Gasteiger partial charge in [0.05, 0.1) is 87.0 Å². The normalized spacial score (nSPS) is 25.1. The van der Waals surface area contributed by atoms with E-state index in [2.05, 4.69) is 90.5 Å². The standard InChI is InChI=1S/2C24H25FN8O.C23H23FN8O/c1-10-28-8-14(9-29-10)34-24-31-22-20-19-15(16(25)7-17(27-2)21(19)30-22)6-13-4-11-3-12(26)5-18(11)33(13)23(20)32-24;1-10-28-8-12(9-29-10)34-24-31-22-20-19-13(15(25)7-17(27-2)21(19)30-22)5-11-6-14-16(26)3-4-18(14)33(11)23(20)32-24;1-9-27-6-11(7-28-9)33-23-30-21-18-17-12(14(24)5-15(26-2)20(17)29-21)4-16-13-3-10(19(13)25)8-32(16)22(18)31-23/h7-9,11-13,18,27H,3-6,26H2,1-2H3,(H,30,31,32);7-9,11,14,16,18,27H,3-6,26H2,1-2H3,(H,30,31,32);5-7,10,13,16,19,26H,3-4,8,25H2,1-2H3,(H,29,30,31)/t11-,12-,13+,18-;11-,14+,16+,18-;10-,13+,16-,19-/m000/s1. The highest BCUT2D eigenvalue weighted by atomic mass is 19.1. The number of nitrogens with zero attached hydrogens (tertiary/aromatic N) is 15. The van der Waals surface area contributed by atoms with Gasteiger partial charge in [-0.1, -0.05) is 0 Å². The molecule has 30 heteroatoms. The van der Waals surface area contributed by atoms with E-state index in [9.17, 15) is 0 Å². The van der Waals surface area contributed by atoms with Crippen molar-refractivity contribution in [3.8, 4) is 35.3 Å². The number of nitrogens with one attached hydrogen (secondary N) is 6. The number of benzene rings is 3. The molecule has 2 bridgehead atoms. The van der Waals surface area contributed by atoms with E-state index in [1.165, 1.54) is 0 Å². The first-order chi connectivity index (χ1) is 49.0. The minimum Gasteiger partial charge on any atom is -0.421 e. The Morgan fingerprint density at radius 1 is 0.455 bits per heavy atom. The summed E-state index contributed by atoms with van der Waals surface area (Å²) in [4.78, 5) is 71.2. The molecule has 9 aromatic heterocycles. The van der Waals surface area contributed by atoms with Gasteiger partial charge in [-0.3, -0.25) is 0 Å². The Bertz CT molecular complexity index is 5250. The van der Waals surface area contributed by atoms with Crippen LogP contribution in [0.15, 0.2) is 55.4 Å². The molecular weight excluding hydrogens is 1290 g/mol. The van der Waals surface area contributed by atoms with Crippen LogP contribution in [0.4, 0.5) is 47.7 Å². The molecule has 12 atom stereocenters. The average molecular weight is 1370 g/mol. The molecule has 22 rings (SSSR count). The summed E-state index contributed by atoms with van der Waals surface area (Å²) in [6.45, 7) is 6.24. The van der Waals surface area contributed by atoms with Gasteiger partial charge in [0, 0.05) is 109 Å². The number of rotatable bonds is 9. The molecule has 3 aromatic carbocycles. The first kappa shape index (κ1) is 61.5. The van der Waals surface area contributed by atoms with Crippen LogP contribution < -0.4 is 62.1 Å². The fraction of sp³-hybridized carbons (Fsp3) is 0.408. The first-order valence-corrected chi connectivity index (χ1v) is 34.7. The third-order valence-corrected chi connectivity index (χ3v) is 23.1. The number of halogens is 3. The van der Waals surface area contributed by atoms with E-state index in [-0.39, 0.29) is 83.8 Å². The first-order valence-electron chi connectivity index (χ1n) is 34.7. The SMILES string of the molecule is CNc1cc(F)c2c3c1[nH]c1nc(Oc4cnc(C)nc4)nc(c13)N1C[C@@H]3C[C@@H]([C@H]3N)[C@@H]1C2.CNc1cc(F)c2c3c1[nH]c1nc(Oc4cnc(C)nc4)nc(c13)N1[C@@H](C2)C[C@@H]2C[C@H](N)C[C@@H]21.CNc1cc(F)c2c3c1[nH]c1nc(Oc4cnc(C)nc4)nc(c13)N1[C@@H](C2)C[C@@H]2[C@H](N)CC[C@@H]21. The lowest BCUT2D eigenvalue weighted by Gasteiger charge is -2.57. The monoisotopic (exact) mass is 1370 g/mol.